The molecule has 9 nitrogen and oxygen atoms in total. The van der Waals surface area contributed by atoms with E-state index >= 15 is 0 Å². The molecule has 9 heteroatoms. The zero-order valence-corrected chi connectivity index (χ0v) is 8.11. The topological polar surface area (TPSA) is 108 Å². The number of carbonyl (C=O) groups excluding carboxylic acids is 1. The minimum absolute atomic E-state index is 0.123. The number of nitrogens with one attached hydrogen (secondary N) is 1. The van der Waals surface area contributed by atoms with E-state index in [4.69, 9.17) is 0 Å². The number of rotatable bonds is 3. The number of imidazole rings is 1. The SMILES string of the molecule is C=NN1CC([N+](=O)[O-])N(c2ncc[nH]2)C1=O. The Morgan fingerprint density at radius 1 is 1.75 bits per heavy atom. The number of urea groups is 1. The minimum Gasteiger partial charge on any atom is -0.330 e. The van der Waals surface area contributed by atoms with Gasteiger partial charge < -0.3 is 4.98 Å². The molecule has 1 saturated heterocycles. The van der Waals surface area contributed by atoms with Crippen LogP contribution < -0.4 is 4.90 Å². The van der Waals surface area contributed by atoms with Gasteiger partial charge in [0, 0.05) is 24.0 Å². The fraction of sp³-hybridized carbons (Fsp3) is 0.286. The molecule has 2 amide bonds. The standard InChI is InChI=1S/C7H8N6O3/c1-8-11-4-5(13(15)16)12(7(11)14)6-9-2-3-10-6/h2-3,5H,1,4H2,(H,9,10). The summed E-state index contributed by atoms with van der Waals surface area (Å²) in [6.45, 7) is 3.04. The molecule has 1 aliphatic heterocycles. The lowest BCUT2D eigenvalue weighted by molar-refractivity contribution is -0.516. The Balaban J connectivity index is 2.36. The highest BCUT2D eigenvalue weighted by Crippen LogP contribution is 2.21. The van der Waals surface area contributed by atoms with Gasteiger partial charge in [-0.15, -0.1) is 0 Å². The van der Waals surface area contributed by atoms with Gasteiger partial charge in [0.15, 0.2) is 0 Å². The van der Waals surface area contributed by atoms with Crippen LogP contribution in [0.1, 0.15) is 0 Å². The average molecular weight is 224 g/mol. The van der Waals surface area contributed by atoms with E-state index in [0.717, 1.165) is 9.91 Å². The Labute approximate surface area is 89.5 Å². The van der Waals surface area contributed by atoms with E-state index in [0.29, 0.717) is 0 Å². The molecule has 0 saturated carbocycles. The van der Waals surface area contributed by atoms with Crippen LogP contribution in [0, 0.1) is 10.1 Å². The van der Waals surface area contributed by atoms with Gasteiger partial charge in [-0.1, -0.05) is 0 Å². The molecule has 2 rings (SSSR count). The third-order valence-corrected chi connectivity index (χ3v) is 2.19. The predicted octanol–water partition coefficient (Wildman–Crippen LogP) is -0.130. The van der Waals surface area contributed by atoms with Gasteiger partial charge in [-0.05, 0) is 0 Å². The number of hydrazone groups is 1. The van der Waals surface area contributed by atoms with Crippen molar-refractivity contribution in [2.45, 2.75) is 6.17 Å². The van der Waals surface area contributed by atoms with Gasteiger partial charge in [0.1, 0.15) is 6.54 Å². The molecule has 84 valence electrons. The largest absolute Gasteiger partial charge is 0.352 e. The lowest BCUT2D eigenvalue weighted by Gasteiger charge is -2.13. The molecule has 1 unspecified atom stereocenters. The second kappa shape index (κ2) is 3.61. The van der Waals surface area contributed by atoms with Crippen molar-refractivity contribution in [3.63, 3.8) is 0 Å². The molecule has 1 aromatic heterocycles. The van der Waals surface area contributed by atoms with Crippen molar-refractivity contribution in [1.29, 1.82) is 0 Å². The number of aromatic amines is 1. The summed E-state index contributed by atoms with van der Waals surface area (Å²) < 4.78 is 0. The maximum atomic E-state index is 11.7. The zero-order chi connectivity index (χ0) is 11.7. The molecule has 0 spiro atoms. The molecule has 2 heterocycles. The first-order valence-electron chi connectivity index (χ1n) is 4.35. The normalized spacial score (nSPS) is 20.2. The maximum Gasteiger partial charge on any atom is 0.352 e. The van der Waals surface area contributed by atoms with Crippen LogP contribution >= 0.6 is 0 Å². The Morgan fingerprint density at radius 2 is 2.50 bits per heavy atom. The summed E-state index contributed by atoms with van der Waals surface area (Å²) in [5.74, 6) is 0.123. The van der Waals surface area contributed by atoms with Crippen molar-refractivity contribution in [3.8, 4) is 0 Å². The monoisotopic (exact) mass is 224 g/mol. The summed E-state index contributed by atoms with van der Waals surface area (Å²) in [7, 11) is 0. The third kappa shape index (κ3) is 1.38. The number of anilines is 1. The fourth-order valence-corrected chi connectivity index (χ4v) is 1.47. The number of H-pyrrole nitrogens is 1. The quantitative estimate of drug-likeness (QED) is 0.438. The minimum atomic E-state index is -1.20. The van der Waals surface area contributed by atoms with Crippen molar-refractivity contribution in [2.24, 2.45) is 5.10 Å². The van der Waals surface area contributed by atoms with Gasteiger partial charge in [0.2, 0.25) is 5.95 Å². The predicted molar refractivity (Wildman–Crippen MR) is 53.5 cm³/mol. The van der Waals surface area contributed by atoms with Crippen LogP contribution in [0.2, 0.25) is 0 Å². The maximum absolute atomic E-state index is 11.7. The van der Waals surface area contributed by atoms with Gasteiger partial charge in [0.05, 0.1) is 0 Å². The fourth-order valence-electron chi connectivity index (χ4n) is 1.47. The summed E-state index contributed by atoms with van der Waals surface area (Å²) in [6, 6.07) is -0.619. The van der Waals surface area contributed by atoms with Crippen LogP contribution in [0.5, 0.6) is 0 Å². The van der Waals surface area contributed by atoms with Crippen LogP contribution in [0.25, 0.3) is 0 Å². The average Bonchev–Trinajstić information content (AvgIpc) is 2.84. The van der Waals surface area contributed by atoms with Crippen molar-refractivity contribution in [3.05, 3.63) is 22.5 Å². The Kier molecular flexibility index (Phi) is 2.27. The molecule has 1 atom stereocenters. The van der Waals surface area contributed by atoms with Crippen molar-refractivity contribution < 1.29 is 9.72 Å². The highest BCUT2D eigenvalue weighted by molar-refractivity contribution is 5.92. The summed E-state index contributed by atoms with van der Waals surface area (Å²) >= 11 is 0. The number of hydrogen-bond donors (Lipinski definition) is 1. The second-order valence-corrected chi connectivity index (χ2v) is 3.05. The molecular formula is C7H8N6O3. The number of nitrogens with zero attached hydrogens (tertiary/aromatic N) is 5. The van der Waals surface area contributed by atoms with Gasteiger partial charge >= 0.3 is 12.2 Å². The summed E-state index contributed by atoms with van der Waals surface area (Å²) in [4.78, 5) is 29.3. The number of nitro groups is 1. The van der Waals surface area contributed by atoms with Crippen LogP contribution in [-0.2, 0) is 0 Å². The van der Waals surface area contributed by atoms with Crippen LogP contribution in [0.3, 0.4) is 0 Å². The number of aromatic nitrogens is 2. The Hall–Kier alpha value is -2.45. The molecule has 0 bridgehead atoms. The van der Waals surface area contributed by atoms with E-state index < -0.39 is 17.1 Å². The molecule has 1 aliphatic rings. The van der Waals surface area contributed by atoms with E-state index in [-0.39, 0.29) is 12.5 Å². The number of carbonyl (C=O) groups is 1. The van der Waals surface area contributed by atoms with E-state index in [1.807, 2.05) is 0 Å². The van der Waals surface area contributed by atoms with Crippen LogP contribution in [0.4, 0.5) is 10.7 Å². The van der Waals surface area contributed by atoms with Gasteiger partial charge in [-0.3, -0.25) is 10.1 Å². The second-order valence-electron chi connectivity index (χ2n) is 3.05. The number of amides is 2. The van der Waals surface area contributed by atoms with E-state index in [2.05, 4.69) is 21.8 Å². The molecule has 0 aliphatic carbocycles. The smallest absolute Gasteiger partial charge is 0.330 e. The molecule has 1 N–H and O–H groups in total. The first-order valence-corrected chi connectivity index (χ1v) is 4.35. The zero-order valence-electron chi connectivity index (χ0n) is 8.11. The first-order chi connectivity index (χ1) is 7.65. The molecule has 1 aromatic rings. The third-order valence-electron chi connectivity index (χ3n) is 2.19. The van der Waals surface area contributed by atoms with Gasteiger partial charge in [-0.25, -0.2) is 14.8 Å². The van der Waals surface area contributed by atoms with Crippen molar-refractivity contribution in [2.75, 3.05) is 11.4 Å². The Bertz CT molecular complexity index is 429. The summed E-state index contributed by atoms with van der Waals surface area (Å²) in [5.41, 5.74) is 0. The van der Waals surface area contributed by atoms with E-state index in [1.54, 1.807) is 0 Å². The first kappa shape index (κ1) is 10.1. The van der Waals surface area contributed by atoms with E-state index in [9.17, 15) is 14.9 Å². The highest BCUT2D eigenvalue weighted by atomic mass is 16.6. The molecule has 1 fully saturated rings. The van der Waals surface area contributed by atoms with E-state index in [1.165, 1.54) is 12.4 Å². The molecule has 0 aromatic carbocycles. The van der Waals surface area contributed by atoms with Gasteiger partial charge in [0.25, 0.3) is 0 Å². The summed E-state index contributed by atoms with van der Waals surface area (Å²) in [5, 5.41) is 15.1. The molecule has 16 heavy (non-hydrogen) atoms. The van der Waals surface area contributed by atoms with Crippen molar-refractivity contribution >= 4 is 18.7 Å². The number of hydrogen-bond acceptors (Lipinski definition) is 5. The van der Waals surface area contributed by atoms with Crippen LogP contribution in [0.15, 0.2) is 17.5 Å². The lowest BCUT2D eigenvalue weighted by atomic mass is 10.5. The Morgan fingerprint density at radius 3 is 3.00 bits per heavy atom. The highest BCUT2D eigenvalue weighted by Gasteiger charge is 2.47. The van der Waals surface area contributed by atoms with Crippen molar-refractivity contribution in [1.82, 2.24) is 15.0 Å². The molecular weight excluding hydrogens is 216 g/mol. The van der Waals surface area contributed by atoms with Gasteiger partial charge in [-0.2, -0.15) is 10.0 Å². The van der Waals surface area contributed by atoms with Crippen LogP contribution in [-0.4, -0.2) is 45.4 Å². The molecule has 0 radical (unpaired) electrons. The summed E-state index contributed by atoms with van der Waals surface area (Å²) in [6.07, 6.45) is 1.68. The lowest BCUT2D eigenvalue weighted by Crippen LogP contribution is -2.40.